The average molecular weight is 282 g/mol. The summed E-state index contributed by atoms with van der Waals surface area (Å²) in [6.45, 7) is 2.39. The van der Waals surface area contributed by atoms with Crippen molar-refractivity contribution in [3.63, 3.8) is 0 Å². The van der Waals surface area contributed by atoms with E-state index in [1.165, 1.54) is 12.4 Å². The molecule has 2 aromatic heterocycles. The van der Waals surface area contributed by atoms with Crippen molar-refractivity contribution in [3.05, 3.63) is 47.7 Å². The second-order valence-electron chi connectivity index (χ2n) is 4.26. The number of aryl methyl sites for hydroxylation is 1. The van der Waals surface area contributed by atoms with Gasteiger partial charge in [0.05, 0.1) is 5.56 Å². The Hall–Kier alpha value is -2.18. The van der Waals surface area contributed by atoms with Crippen molar-refractivity contribution >= 4 is 5.82 Å². The normalized spacial score (nSPS) is 11.4. The molecular weight excluding hydrogens is 269 g/mol. The highest BCUT2D eigenvalue weighted by Gasteiger charge is 2.30. The minimum absolute atomic E-state index is 0.515. The third kappa shape index (κ3) is 3.91. The number of aromatic nitrogens is 3. The van der Waals surface area contributed by atoms with Gasteiger partial charge in [0.1, 0.15) is 12.1 Å². The van der Waals surface area contributed by atoms with Crippen molar-refractivity contribution in [1.82, 2.24) is 15.0 Å². The summed E-state index contributed by atoms with van der Waals surface area (Å²) in [5, 5.41) is 3.07. The van der Waals surface area contributed by atoms with Crippen LogP contribution in [0.2, 0.25) is 0 Å². The van der Waals surface area contributed by atoms with Gasteiger partial charge in [-0.3, -0.25) is 4.98 Å². The predicted molar refractivity (Wildman–Crippen MR) is 68.2 cm³/mol. The molecule has 0 fully saturated rings. The van der Waals surface area contributed by atoms with E-state index in [9.17, 15) is 13.2 Å². The SMILES string of the molecule is Cc1cc(NCCc2ccc(C(F)(F)F)cn2)ncn1. The van der Waals surface area contributed by atoms with E-state index in [-0.39, 0.29) is 0 Å². The lowest BCUT2D eigenvalue weighted by atomic mass is 10.2. The molecule has 2 aromatic rings. The molecule has 7 heteroatoms. The number of rotatable bonds is 4. The second kappa shape index (κ2) is 5.85. The number of anilines is 1. The fourth-order valence-electron chi connectivity index (χ4n) is 1.61. The zero-order chi connectivity index (χ0) is 14.6. The minimum atomic E-state index is -4.34. The molecule has 0 unspecified atom stereocenters. The van der Waals surface area contributed by atoms with E-state index in [1.54, 1.807) is 6.07 Å². The fraction of sp³-hybridized carbons (Fsp3) is 0.308. The van der Waals surface area contributed by atoms with E-state index in [4.69, 9.17) is 0 Å². The third-order valence-corrected chi connectivity index (χ3v) is 2.64. The van der Waals surface area contributed by atoms with Crippen LogP contribution in [0.15, 0.2) is 30.7 Å². The van der Waals surface area contributed by atoms with Gasteiger partial charge in [0.2, 0.25) is 0 Å². The molecule has 0 saturated carbocycles. The molecule has 0 amide bonds. The monoisotopic (exact) mass is 282 g/mol. The van der Waals surface area contributed by atoms with Crippen LogP contribution < -0.4 is 5.32 Å². The van der Waals surface area contributed by atoms with Gasteiger partial charge in [-0.1, -0.05) is 0 Å². The van der Waals surface area contributed by atoms with E-state index in [0.29, 0.717) is 24.5 Å². The van der Waals surface area contributed by atoms with Gasteiger partial charge in [-0.2, -0.15) is 13.2 Å². The smallest absolute Gasteiger partial charge is 0.370 e. The van der Waals surface area contributed by atoms with Crippen LogP contribution in [0.3, 0.4) is 0 Å². The van der Waals surface area contributed by atoms with Gasteiger partial charge >= 0.3 is 6.18 Å². The predicted octanol–water partition coefficient (Wildman–Crippen LogP) is 2.85. The molecule has 0 aliphatic carbocycles. The van der Waals surface area contributed by atoms with Crippen molar-refractivity contribution in [3.8, 4) is 0 Å². The van der Waals surface area contributed by atoms with Crippen LogP contribution in [0.1, 0.15) is 17.0 Å². The average Bonchev–Trinajstić information content (AvgIpc) is 2.38. The van der Waals surface area contributed by atoms with Crippen LogP contribution >= 0.6 is 0 Å². The Labute approximate surface area is 114 Å². The van der Waals surface area contributed by atoms with Crippen LogP contribution in [-0.4, -0.2) is 21.5 Å². The first kappa shape index (κ1) is 14.2. The van der Waals surface area contributed by atoms with Gasteiger partial charge in [0.25, 0.3) is 0 Å². The number of halogens is 3. The molecule has 2 rings (SSSR count). The summed E-state index contributed by atoms with van der Waals surface area (Å²) in [4.78, 5) is 11.8. The fourth-order valence-corrected chi connectivity index (χ4v) is 1.61. The molecule has 0 aromatic carbocycles. The summed E-state index contributed by atoms with van der Waals surface area (Å²) in [5.74, 6) is 0.685. The van der Waals surface area contributed by atoms with Crippen LogP contribution in [0.5, 0.6) is 0 Å². The third-order valence-electron chi connectivity index (χ3n) is 2.64. The number of hydrogen-bond acceptors (Lipinski definition) is 4. The Morgan fingerprint density at radius 3 is 2.55 bits per heavy atom. The molecule has 0 bridgehead atoms. The number of hydrogen-bond donors (Lipinski definition) is 1. The zero-order valence-electron chi connectivity index (χ0n) is 10.8. The molecule has 0 radical (unpaired) electrons. The summed E-state index contributed by atoms with van der Waals surface area (Å²) >= 11 is 0. The van der Waals surface area contributed by atoms with Gasteiger partial charge in [-0.25, -0.2) is 9.97 Å². The van der Waals surface area contributed by atoms with Crippen LogP contribution in [0.25, 0.3) is 0 Å². The first-order chi connectivity index (χ1) is 9.45. The number of pyridine rings is 1. The highest BCUT2D eigenvalue weighted by atomic mass is 19.4. The van der Waals surface area contributed by atoms with Gasteiger partial charge in [0, 0.05) is 36.6 Å². The van der Waals surface area contributed by atoms with Crippen LogP contribution in [-0.2, 0) is 12.6 Å². The largest absolute Gasteiger partial charge is 0.417 e. The summed E-state index contributed by atoms with van der Waals surface area (Å²) < 4.78 is 37.1. The Kier molecular flexibility index (Phi) is 4.16. The highest BCUT2D eigenvalue weighted by Crippen LogP contribution is 2.28. The maximum Gasteiger partial charge on any atom is 0.417 e. The maximum atomic E-state index is 12.4. The quantitative estimate of drug-likeness (QED) is 0.936. The molecule has 0 aliphatic rings. The molecule has 0 aliphatic heterocycles. The van der Waals surface area contributed by atoms with E-state index >= 15 is 0 Å². The van der Waals surface area contributed by atoms with E-state index in [2.05, 4.69) is 20.3 Å². The molecule has 20 heavy (non-hydrogen) atoms. The first-order valence-electron chi connectivity index (χ1n) is 6.00. The van der Waals surface area contributed by atoms with Crippen molar-refractivity contribution < 1.29 is 13.2 Å². The minimum Gasteiger partial charge on any atom is -0.370 e. The van der Waals surface area contributed by atoms with E-state index in [0.717, 1.165) is 18.0 Å². The molecule has 106 valence electrons. The molecule has 0 spiro atoms. The lowest BCUT2D eigenvalue weighted by Crippen LogP contribution is -2.09. The highest BCUT2D eigenvalue weighted by molar-refractivity contribution is 5.34. The molecule has 0 saturated heterocycles. The number of nitrogens with one attached hydrogen (secondary N) is 1. The van der Waals surface area contributed by atoms with Gasteiger partial charge < -0.3 is 5.32 Å². The Morgan fingerprint density at radius 1 is 1.15 bits per heavy atom. The summed E-state index contributed by atoms with van der Waals surface area (Å²) in [7, 11) is 0. The summed E-state index contributed by atoms with van der Waals surface area (Å²) in [6, 6.07) is 4.22. The van der Waals surface area contributed by atoms with Crippen molar-refractivity contribution in [2.45, 2.75) is 19.5 Å². The van der Waals surface area contributed by atoms with Crippen LogP contribution in [0.4, 0.5) is 19.0 Å². The van der Waals surface area contributed by atoms with Crippen molar-refractivity contribution in [2.24, 2.45) is 0 Å². The lowest BCUT2D eigenvalue weighted by Gasteiger charge is -2.08. The number of alkyl halides is 3. The van der Waals surface area contributed by atoms with Crippen molar-refractivity contribution in [1.29, 1.82) is 0 Å². The Balaban J connectivity index is 1.88. The second-order valence-corrected chi connectivity index (χ2v) is 4.26. The summed E-state index contributed by atoms with van der Waals surface area (Å²) in [6.07, 6.45) is -1.53. The molecular formula is C13H13F3N4. The lowest BCUT2D eigenvalue weighted by molar-refractivity contribution is -0.137. The maximum absolute atomic E-state index is 12.4. The zero-order valence-corrected chi connectivity index (χ0v) is 10.8. The van der Waals surface area contributed by atoms with Gasteiger partial charge in [-0.05, 0) is 19.1 Å². The molecule has 1 N–H and O–H groups in total. The molecule has 4 nitrogen and oxygen atoms in total. The Morgan fingerprint density at radius 2 is 1.95 bits per heavy atom. The number of nitrogens with zero attached hydrogens (tertiary/aromatic N) is 3. The van der Waals surface area contributed by atoms with Crippen molar-refractivity contribution in [2.75, 3.05) is 11.9 Å². The Bertz CT molecular complexity index is 567. The molecule has 2 heterocycles. The molecule has 0 atom stereocenters. The topological polar surface area (TPSA) is 50.7 Å². The first-order valence-corrected chi connectivity index (χ1v) is 6.00. The van der Waals surface area contributed by atoms with Crippen LogP contribution in [0, 0.1) is 6.92 Å². The van der Waals surface area contributed by atoms with Gasteiger partial charge in [0.15, 0.2) is 0 Å². The van der Waals surface area contributed by atoms with E-state index in [1.807, 2.05) is 6.92 Å². The van der Waals surface area contributed by atoms with Gasteiger partial charge in [-0.15, -0.1) is 0 Å². The standard InChI is InChI=1S/C13H13F3N4/c1-9-6-12(20-8-19-9)17-5-4-11-3-2-10(7-18-11)13(14,15)16/h2-3,6-8H,4-5H2,1H3,(H,17,19,20). The summed E-state index contributed by atoms with van der Waals surface area (Å²) in [5.41, 5.74) is 0.701. The van der Waals surface area contributed by atoms with E-state index < -0.39 is 11.7 Å².